The first-order valence-electron chi connectivity index (χ1n) is 10.1. The van der Waals surface area contributed by atoms with Crippen molar-refractivity contribution in [2.75, 3.05) is 39.1 Å². The van der Waals surface area contributed by atoms with E-state index in [4.69, 9.17) is 15.2 Å². The highest BCUT2D eigenvalue weighted by Gasteiger charge is 2.12. The Hall–Kier alpha value is -2.09. The number of hydrogen-bond donors (Lipinski definition) is 2. The van der Waals surface area contributed by atoms with Gasteiger partial charge in [0, 0.05) is 44.6 Å². The Morgan fingerprint density at radius 2 is 1.90 bits per heavy atom. The standard InChI is InChI=1S/C23H29N3O2S2/c1-4-26(5-2)11-6-12-28-21-15-19-17(14-20(21)27-3)23(9-10-25-19)30-16-7-8-22(29)18(24)13-16/h7-10,13-15,29H,4-6,11-12,24H2,1-3H3. The molecule has 2 N–H and O–H groups in total. The molecule has 0 unspecified atom stereocenters. The first kappa shape index (κ1) is 22.6. The fourth-order valence-electron chi connectivity index (χ4n) is 3.22. The number of nitrogens with zero attached hydrogens (tertiary/aromatic N) is 2. The van der Waals surface area contributed by atoms with Gasteiger partial charge >= 0.3 is 0 Å². The molecule has 0 bridgehead atoms. The van der Waals surface area contributed by atoms with Crippen LogP contribution < -0.4 is 15.2 Å². The van der Waals surface area contributed by atoms with Crippen LogP contribution in [0.4, 0.5) is 5.69 Å². The summed E-state index contributed by atoms with van der Waals surface area (Å²) < 4.78 is 11.7. The first-order valence-corrected chi connectivity index (χ1v) is 11.4. The van der Waals surface area contributed by atoms with E-state index in [1.807, 2.05) is 42.6 Å². The molecule has 1 aromatic heterocycles. The number of nitrogen functional groups attached to an aromatic ring is 1. The zero-order valence-electron chi connectivity index (χ0n) is 17.7. The molecule has 2 aromatic carbocycles. The minimum Gasteiger partial charge on any atom is -0.493 e. The molecular weight excluding hydrogens is 414 g/mol. The van der Waals surface area contributed by atoms with E-state index in [9.17, 15) is 0 Å². The number of hydrogen-bond acceptors (Lipinski definition) is 7. The van der Waals surface area contributed by atoms with Gasteiger partial charge in [-0.05, 0) is 49.8 Å². The number of nitrogens with two attached hydrogens (primary N) is 1. The van der Waals surface area contributed by atoms with Crippen LogP contribution in [0.3, 0.4) is 0 Å². The SMILES string of the molecule is CCN(CC)CCCOc1cc2nccc(Sc3ccc(S)c(N)c3)c2cc1OC. The molecule has 0 spiro atoms. The van der Waals surface area contributed by atoms with Gasteiger partial charge in [0.05, 0.1) is 19.2 Å². The number of rotatable bonds is 10. The van der Waals surface area contributed by atoms with Gasteiger partial charge in [-0.1, -0.05) is 25.6 Å². The van der Waals surface area contributed by atoms with E-state index >= 15 is 0 Å². The highest BCUT2D eigenvalue weighted by molar-refractivity contribution is 7.99. The molecule has 0 saturated carbocycles. The highest BCUT2D eigenvalue weighted by Crippen LogP contribution is 2.39. The molecule has 30 heavy (non-hydrogen) atoms. The normalized spacial score (nSPS) is 11.2. The van der Waals surface area contributed by atoms with Gasteiger partial charge in [-0.3, -0.25) is 4.98 Å². The summed E-state index contributed by atoms with van der Waals surface area (Å²) in [5, 5.41) is 1.02. The van der Waals surface area contributed by atoms with E-state index < -0.39 is 0 Å². The number of anilines is 1. The summed E-state index contributed by atoms with van der Waals surface area (Å²) in [5.41, 5.74) is 7.54. The second-order valence-corrected chi connectivity index (χ2v) is 8.48. The van der Waals surface area contributed by atoms with Crippen molar-refractivity contribution in [3.8, 4) is 11.5 Å². The lowest BCUT2D eigenvalue weighted by Gasteiger charge is -2.18. The summed E-state index contributed by atoms with van der Waals surface area (Å²) in [7, 11) is 1.67. The van der Waals surface area contributed by atoms with Crippen molar-refractivity contribution in [2.24, 2.45) is 0 Å². The monoisotopic (exact) mass is 443 g/mol. The number of fused-ring (bicyclic) bond motifs is 1. The molecule has 0 amide bonds. The van der Waals surface area contributed by atoms with E-state index in [-0.39, 0.29) is 0 Å². The fraction of sp³-hybridized carbons (Fsp3) is 0.348. The maximum Gasteiger partial charge on any atom is 0.163 e. The van der Waals surface area contributed by atoms with Crippen LogP contribution in [-0.2, 0) is 0 Å². The van der Waals surface area contributed by atoms with Gasteiger partial charge in [0.25, 0.3) is 0 Å². The maximum absolute atomic E-state index is 6.04. The molecule has 3 aromatic rings. The Bertz CT molecular complexity index is 994. The Labute approximate surface area is 188 Å². The van der Waals surface area contributed by atoms with E-state index in [0.29, 0.717) is 18.0 Å². The van der Waals surface area contributed by atoms with Crippen LogP contribution in [0.15, 0.2) is 57.3 Å². The molecule has 0 atom stereocenters. The minimum absolute atomic E-state index is 0.641. The van der Waals surface area contributed by atoms with Crippen molar-refractivity contribution in [1.82, 2.24) is 9.88 Å². The zero-order chi connectivity index (χ0) is 21.5. The largest absolute Gasteiger partial charge is 0.493 e. The first-order chi connectivity index (χ1) is 14.5. The maximum atomic E-state index is 6.04. The molecule has 3 rings (SSSR count). The second kappa shape index (κ2) is 10.8. The van der Waals surface area contributed by atoms with E-state index in [2.05, 4.69) is 36.4 Å². The fourth-order valence-corrected chi connectivity index (χ4v) is 4.34. The van der Waals surface area contributed by atoms with Crippen molar-refractivity contribution < 1.29 is 9.47 Å². The third-order valence-corrected chi connectivity index (χ3v) is 6.46. The van der Waals surface area contributed by atoms with Gasteiger partial charge < -0.3 is 20.1 Å². The van der Waals surface area contributed by atoms with Gasteiger partial charge in [-0.15, -0.1) is 12.6 Å². The number of thiol groups is 1. The van der Waals surface area contributed by atoms with Crippen LogP contribution in [0.5, 0.6) is 11.5 Å². The Morgan fingerprint density at radius 1 is 1.10 bits per heavy atom. The van der Waals surface area contributed by atoms with Gasteiger partial charge in [0.15, 0.2) is 11.5 Å². The third kappa shape index (κ3) is 5.53. The molecule has 160 valence electrons. The Kier molecular flexibility index (Phi) is 8.13. The van der Waals surface area contributed by atoms with Crippen molar-refractivity contribution in [2.45, 2.75) is 35.0 Å². The van der Waals surface area contributed by atoms with Crippen molar-refractivity contribution in [3.63, 3.8) is 0 Å². The van der Waals surface area contributed by atoms with Crippen LogP contribution in [0.25, 0.3) is 10.9 Å². The quantitative estimate of drug-likeness (QED) is 0.249. The lowest BCUT2D eigenvalue weighted by atomic mass is 10.2. The molecule has 0 aliphatic heterocycles. The molecule has 5 nitrogen and oxygen atoms in total. The molecule has 1 heterocycles. The number of ether oxygens (including phenoxy) is 2. The summed E-state index contributed by atoms with van der Waals surface area (Å²) in [4.78, 5) is 9.84. The Morgan fingerprint density at radius 3 is 2.60 bits per heavy atom. The number of aromatic nitrogens is 1. The molecule has 0 fully saturated rings. The molecular formula is C23H29N3O2S2. The average Bonchev–Trinajstić information content (AvgIpc) is 2.76. The summed E-state index contributed by atoms with van der Waals surface area (Å²) in [6, 6.07) is 11.8. The van der Waals surface area contributed by atoms with Crippen LogP contribution in [0.2, 0.25) is 0 Å². The summed E-state index contributed by atoms with van der Waals surface area (Å²) >= 11 is 5.99. The van der Waals surface area contributed by atoms with Crippen molar-refractivity contribution >= 4 is 41.0 Å². The average molecular weight is 444 g/mol. The topological polar surface area (TPSA) is 60.6 Å². The second-order valence-electron chi connectivity index (χ2n) is 6.88. The lowest BCUT2D eigenvalue weighted by molar-refractivity contribution is 0.243. The van der Waals surface area contributed by atoms with Gasteiger partial charge in [0.1, 0.15) is 0 Å². The molecule has 0 aliphatic carbocycles. The smallest absolute Gasteiger partial charge is 0.163 e. The van der Waals surface area contributed by atoms with Gasteiger partial charge in [-0.25, -0.2) is 0 Å². The zero-order valence-corrected chi connectivity index (χ0v) is 19.4. The van der Waals surface area contributed by atoms with Gasteiger partial charge in [0.2, 0.25) is 0 Å². The lowest BCUT2D eigenvalue weighted by Crippen LogP contribution is -2.25. The number of methoxy groups -OCH3 is 1. The van der Waals surface area contributed by atoms with Crippen molar-refractivity contribution in [3.05, 3.63) is 42.6 Å². The van der Waals surface area contributed by atoms with E-state index in [1.165, 1.54) is 0 Å². The predicted octanol–water partition coefficient (Wildman–Crippen LogP) is 5.38. The van der Waals surface area contributed by atoms with E-state index in [1.54, 1.807) is 18.9 Å². The third-order valence-electron chi connectivity index (χ3n) is 4.98. The number of pyridine rings is 1. The van der Waals surface area contributed by atoms with Gasteiger partial charge in [-0.2, -0.15) is 0 Å². The van der Waals surface area contributed by atoms with Crippen LogP contribution in [-0.4, -0.2) is 43.2 Å². The molecule has 7 heteroatoms. The summed E-state index contributed by atoms with van der Waals surface area (Å²) in [6.45, 7) is 8.14. The summed E-state index contributed by atoms with van der Waals surface area (Å²) in [5.74, 6) is 1.44. The van der Waals surface area contributed by atoms with Crippen LogP contribution in [0, 0.1) is 0 Å². The highest BCUT2D eigenvalue weighted by atomic mass is 32.2. The predicted molar refractivity (Wildman–Crippen MR) is 128 cm³/mol. The summed E-state index contributed by atoms with van der Waals surface area (Å²) in [6.07, 6.45) is 2.78. The molecule has 0 aliphatic rings. The Balaban J connectivity index is 1.80. The van der Waals surface area contributed by atoms with Crippen molar-refractivity contribution in [1.29, 1.82) is 0 Å². The number of benzene rings is 2. The van der Waals surface area contributed by atoms with Crippen LogP contribution >= 0.6 is 24.4 Å². The van der Waals surface area contributed by atoms with Crippen LogP contribution in [0.1, 0.15) is 20.3 Å². The molecule has 0 radical (unpaired) electrons. The minimum atomic E-state index is 0.641. The molecule has 0 saturated heterocycles. The van der Waals surface area contributed by atoms with E-state index in [0.717, 1.165) is 57.4 Å².